The number of thioether (sulfide) groups is 1. The van der Waals surface area contributed by atoms with E-state index in [4.69, 9.17) is 25.8 Å². The number of ether oxygens (including phenoxy) is 3. The average molecular weight is 646 g/mol. The van der Waals surface area contributed by atoms with E-state index in [1.807, 2.05) is 26.0 Å². The van der Waals surface area contributed by atoms with Crippen LogP contribution >= 0.6 is 39.3 Å². The van der Waals surface area contributed by atoms with Crippen LogP contribution in [0.15, 0.2) is 70.0 Å². The van der Waals surface area contributed by atoms with Crippen molar-refractivity contribution >= 4 is 68.1 Å². The monoisotopic (exact) mass is 644 g/mol. The van der Waals surface area contributed by atoms with Crippen LogP contribution in [0.1, 0.15) is 25.0 Å². The minimum Gasteiger partial charge on any atom is -0.494 e. The molecule has 0 atom stereocenters. The quantitative estimate of drug-likeness (QED) is 0.221. The van der Waals surface area contributed by atoms with Gasteiger partial charge in [0.2, 0.25) is 5.91 Å². The Morgan fingerprint density at radius 1 is 0.975 bits per heavy atom. The summed E-state index contributed by atoms with van der Waals surface area (Å²) in [5.74, 6) is 0.635. The molecule has 208 valence electrons. The predicted molar refractivity (Wildman–Crippen MR) is 160 cm³/mol. The summed E-state index contributed by atoms with van der Waals surface area (Å²) in [6.07, 6.45) is 1.59. The minimum atomic E-state index is -0.551. The molecule has 1 aliphatic rings. The molecule has 1 heterocycles. The van der Waals surface area contributed by atoms with Gasteiger partial charge in [-0.15, -0.1) is 0 Å². The van der Waals surface area contributed by atoms with Crippen LogP contribution < -0.4 is 19.5 Å². The largest absolute Gasteiger partial charge is 0.494 e. The summed E-state index contributed by atoms with van der Waals surface area (Å²) in [5.41, 5.74) is 2.08. The van der Waals surface area contributed by atoms with E-state index in [0.29, 0.717) is 57.8 Å². The van der Waals surface area contributed by atoms with Crippen molar-refractivity contribution in [3.63, 3.8) is 0 Å². The van der Waals surface area contributed by atoms with Crippen molar-refractivity contribution in [3.05, 3.63) is 86.2 Å². The number of imide groups is 1. The lowest BCUT2D eigenvalue weighted by atomic mass is 10.1. The standard InChI is InChI=1S/C29H26BrClN2O6S/c1-3-37-22-11-9-21(10-12-22)32-27(34)16-33-28(35)26(40-29(33)36)14-19-13-24(38-4-2)25(15-23(19)30)39-17-18-5-7-20(31)8-6-18/h5-15H,3-4,16-17H2,1-2H3,(H,32,34)/b26-14+. The lowest BCUT2D eigenvalue weighted by Crippen LogP contribution is -2.36. The molecular formula is C29H26BrClN2O6S. The molecule has 8 nitrogen and oxygen atoms in total. The van der Waals surface area contributed by atoms with E-state index in [-0.39, 0.29) is 4.91 Å². The molecule has 4 rings (SSSR count). The molecule has 1 fully saturated rings. The van der Waals surface area contributed by atoms with E-state index in [0.717, 1.165) is 22.2 Å². The highest BCUT2D eigenvalue weighted by atomic mass is 79.9. The molecule has 40 heavy (non-hydrogen) atoms. The molecule has 1 N–H and O–H groups in total. The van der Waals surface area contributed by atoms with Crippen LogP contribution in [0, 0.1) is 0 Å². The van der Waals surface area contributed by atoms with Crippen LogP contribution in [0.3, 0.4) is 0 Å². The van der Waals surface area contributed by atoms with Crippen molar-refractivity contribution < 1.29 is 28.6 Å². The van der Waals surface area contributed by atoms with E-state index < -0.39 is 23.6 Å². The number of benzene rings is 3. The molecule has 3 aromatic carbocycles. The van der Waals surface area contributed by atoms with Crippen molar-refractivity contribution in [2.75, 3.05) is 25.1 Å². The van der Waals surface area contributed by atoms with Crippen LogP contribution in [-0.4, -0.2) is 41.7 Å². The smallest absolute Gasteiger partial charge is 0.294 e. The summed E-state index contributed by atoms with van der Waals surface area (Å²) in [4.78, 5) is 39.3. The van der Waals surface area contributed by atoms with Crippen molar-refractivity contribution in [2.24, 2.45) is 0 Å². The summed E-state index contributed by atoms with van der Waals surface area (Å²) < 4.78 is 17.8. The maximum absolute atomic E-state index is 13.0. The first-order valence-electron chi connectivity index (χ1n) is 12.4. The molecule has 11 heteroatoms. The summed E-state index contributed by atoms with van der Waals surface area (Å²) >= 11 is 10.3. The second-order valence-corrected chi connectivity index (χ2v) is 10.7. The first-order valence-corrected chi connectivity index (χ1v) is 14.4. The maximum Gasteiger partial charge on any atom is 0.294 e. The Morgan fingerprint density at radius 3 is 2.33 bits per heavy atom. The topological polar surface area (TPSA) is 94.2 Å². The number of nitrogens with zero attached hydrogens (tertiary/aromatic N) is 1. The van der Waals surface area contributed by atoms with Gasteiger partial charge < -0.3 is 19.5 Å². The van der Waals surface area contributed by atoms with Gasteiger partial charge in [-0.1, -0.05) is 39.7 Å². The van der Waals surface area contributed by atoms with Gasteiger partial charge in [0.05, 0.1) is 18.1 Å². The molecule has 3 aromatic rings. The Hall–Kier alpha value is -3.47. The van der Waals surface area contributed by atoms with Crippen molar-refractivity contribution in [3.8, 4) is 17.2 Å². The van der Waals surface area contributed by atoms with Crippen molar-refractivity contribution in [1.82, 2.24) is 4.90 Å². The number of rotatable bonds is 11. The van der Waals surface area contributed by atoms with E-state index in [1.54, 1.807) is 54.6 Å². The van der Waals surface area contributed by atoms with Crippen molar-refractivity contribution in [1.29, 1.82) is 0 Å². The van der Waals surface area contributed by atoms with Crippen molar-refractivity contribution in [2.45, 2.75) is 20.5 Å². The minimum absolute atomic E-state index is 0.192. The Morgan fingerprint density at radius 2 is 1.65 bits per heavy atom. The van der Waals surface area contributed by atoms with Gasteiger partial charge in [0.25, 0.3) is 11.1 Å². The molecule has 1 aliphatic heterocycles. The number of amides is 3. The third-order valence-electron chi connectivity index (χ3n) is 5.58. The van der Waals surface area contributed by atoms with Gasteiger partial charge in [-0.2, -0.15) is 0 Å². The van der Waals surface area contributed by atoms with E-state index in [9.17, 15) is 14.4 Å². The Labute approximate surface area is 249 Å². The van der Waals surface area contributed by atoms with Crippen LogP contribution in [0.4, 0.5) is 10.5 Å². The molecule has 0 bridgehead atoms. The van der Waals surface area contributed by atoms with Gasteiger partial charge in [-0.3, -0.25) is 19.3 Å². The highest BCUT2D eigenvalue weighted by Crippen LogP contribution is 2.38. The zero-order chi connectivity index (χ0) is 28.6. The zero-order valence-corrected chi connectivity index (χ0v) is 24.9. The molecular weight excluding hydrogens is 620 g/mol. The molecule has 0 aromatic heterocycles. The number of nitrogens with one attached hydrogen (secondary N) is 1. The number of hydrogen-bond donors (Lipinski definition) is 1. The SMILES string of the molecule is CCOc1ccc(NC(=O)CN2C(=O)S/C(=C/c3cc(OCC)c(OCc4ccc(Cl)cc4)cc3Br)C2=O)cc1. The van der Waals surface area contributed by atoms with Gasteiger partial charge in [0, 0.05) is 15.2 Å². The van der Waals surface area contributed by atoms with Gasteiger partial charge >= 0.3 is 0 Å². The molecule has 1 saturated heterocycles. The zero-order valence-electron chi connectivity index (χ0n) is 21.7. The van der Waals surface area contributed by atoms with Gasteiger partial charge in [-0.25, -0.2) is 0 Å². The fraction of sp³-hybridized carbons (Fsp3) is 0.207. The Bertz CT molecular complexity index is 1430. The number of halogens is 2. The summed E-state index contributed by atoms with van der Waals surface area (Å²) in [5, 5.41) is 2.81. The fourth-order valence-corrected chi connectivity index (χ4v) is 5.10. The highest BCUT2D eigenvalue weighted by molar-refractivity contribution is 9.10. The highest BCUT2D eigenvalue weighted by Gasteiger charge is 2.36. The fourth-order valence-electron chi connectivity index (χ4n) is 3.71. The number of anilines is 1. The second-order valence-electron chi connectivity index (χ2n) is 8.44. The normalized spacial score (nSPS) is 14.0. The predicted octanol–water partition coefficient (Wildman–Crippen LogP) is 7.15. The lowest BCUT2D eigenvalue weighted by Gasteiger charge is -2.14. The van der Waals surface area contributed by atoms with E-state index in [1.165, 1.54) is 0 Å². The van der Waals surface area contributed by atoms with Crippen LogP contribution in [0.25, 0.3) is 6.08 Å². The van der Waals surface area contributed by atoms with Gasteiger partial charge in [0.15, 0.2) is 11.5 Å². The summed E-state index contributed by atoms with van der Waals surface area (Å²) in [6.45, 7) is 4.57. The molecule has 0 unspecified atom stereocenters. The molecule has 0 aliphatic carbocycles. The Balaban J connectivity index is 1.45. The third kappa shape index (κ3) is 7.59. The molecule has 0 spiro atoms. The number of carbonyl (C=O) groups excluding carboxylic acids is 3. The third-order valence-corrected chi connectivity index (χ3v) is 7.43. The summed E-state index contributed by atoms with van der Waals surface area (Å²) in [7, 11) is 0. The van der Waals surface area contributed by atoms with Crippen LogP contribution in [-0.2, 0) is 16.2 Å². The molecule has 3 amide bonds. The number of carbonyl (C=O) groups is 3. The molecule has 0 radical (unpaired) electrons. The van der Waals surface area contributed by atoms with Gasteiger partial charge in [-0.05, 0) is 91.3 Å². The van der Waals surface area contributed by atoms with Crippen LogP contribution in [0.2, 0.25) is 5.02 Å². The van der Waals surface area contributed by atoms with E-state index >= 15 is 0 Å². The number of hydrogen-bond acceptors (Lipinski definition) is 7. The molecule has 0 saturated carbocycles. The van der Waals surface area contributed by atoms with Gasteiger partial charge in [0.1, 0.15) is 18.9 Å². The van der Waals surface area contributed by atoms with E-state index in [2.05, 4.69) is 21.2 Å². The average Bonchev–Trinajstić information content (AvgIpc) is 3.19. The summed E-state index contributed by atoms with van der Waals surface area (Å²) in [6, 6.07) is 17.6. The first kappa shape index (κ1) is 29.5. The Kier molecular flexibility index (Phi) is 10.1. The van der Waals surface area contributed by atoms with Crippen LogP contribution in [0.5, 0.6) is 17.2 Å². The maximum atomic E-state index is 13.0. The first-order chi connectivity index (χ1) is 19.3. The lowest BCUT2D eigenvalue weighted by molar-refractivity contribution is -0.127. The second kappa shape index (κ2) is 13.7.